The molecule has 1 aromatic carbocycles. The molecular formula is C11H12N4O5. The third-order valence-electron chi connectivity index (χ3n) is 2.84. The highest BCUT2D eigenvalue weighted by Gasteiger charge is 2.29. The molecule has 0 radical (unpaired) electrons. The van der Waals surface area contributed by atoms with E-state index in [1.165, 1.54) is 23.1 Å². The van der Waals surface area contributed by atoms with Crippen LogP contribution in [0.2, 0.25) is 0 Å². The van der Waals surface area contributed by atoms with Gasteiger partial charge < -0.3 is 21.1 Å². The number of benzene rings is 1. The molecule has 1 atom stereocenters. The van der Waals surface area contributed by atoms with E-state index in [0.717, 1.165) is 0 Å². The summed E-state index contributed by atoms with van der Waals surface area (Å²) in [4.78, 5) is 34.2. The molecule has 1 unspecified atom stereocenters. The molecule has 0 fully saturated rings. The first kappa shape index (κ1) is 13.7. The minimum Gasteiger partial charge on any atom is -0.482 e. The highest BCUT2D eigenvalue weighted by Crippen LogP contribution is 2.35. The fraction of sp³-hybridized carbons (Fsp3) is 0.273. The van der Waals surface area contributed by atoms with E-state index in [4.69, 9.17) is 16.2 Å². The van der Waals surface area contributed by atoms with Crippen LogP contribution in [0, 0.1) is 10.1 Å². The molecule has 0 aliphatic carbocycles. The first-order valence-corrected chi connectivity index (χ1v) is 5.66. The molecule has 106 valence electrons. The van der Waals surface area contributed by atoms with E-state index in [1.54, 1.807) is 0 Å². The number of rotatable bonds is 4. The Bertz CT molecular complexity index is 588. The van der Waals surface area contributed by atoms with Gasteiger partial charge in [-0.25, -0.2) is 0 Å². The molecule has 0 saturated heterocycles. The highest BCUT2D eigenvalue weighted by molar-refractivity contribution is 5.99. The van der Waals surface area contributed by atoms with E-state index in [-0.39, 0.29) is 24.5 Å². The number of anilines is 1. The Hall–Kier alpha value is -2.68. The largest absolute Gasteiger partial charge is 0.482 e. The minimum atomic E-state index is -1.07. The van der Waals surface area contributed by atoms with Crippen molar-refractivity contribution >= 4 is 23.2 Å². The molecule has 20 heavy (non-hydrogen) atoms. The number of primary amides is 1. The van der Waals surface area contributed by atoms with Gasteiger partial charge in [-0.3, -0.25) is 19.7 Å². The first-order chi connectivity index (χ1) is 9.40. The number of amides is 2. The van der Waals surface area contributed by atoms with Crippen molar-refractivity contribution in [3.8, 4) is 5.75 Å². The Morgan fingerprint density at radius 1 is 1.55 bits per heavy atom. The van der Waals surface area contributed by atoms with Crippen molar-refractivity contribution in [2.24, 2.45) is 11.5 Å². The molecule has 1 aromatic rings. The van der Waals surface area contributed by atoms with E-state index >= 15 is 0 Å². The summed E-state index contributed by atoms with van der Waals surface area (Å²) in [6, 6.07) is 2.79. The Morgan fingerprint density at radius 2 is 2.25 bits per heavy atom. The van der Waals surface area contributed by atoms with Crippen LogP contribution in [0.3, 0.4) is 0 Å². The number of ether oxygens (including phenoxy) is 1. The van der Waals surface area contributed by atoms with Crippen molar-refractivity contribution in [2.75, 3.05) is 18.1 Å². The maximum atomic E-state index is 11.8. The van der Waals surface area contributed by atoms with E-state index in [9.17, 15) is 19.7 Å². The van der Waals surface area contributed by atoms with Gasteiger partial charge in [0.05, 0.1) is 17.2 Å². The number of carbonyl (C=O) groups is 2. The molecule has 1 aliphatic rings. The summed E-state index contributed by atoms with van der Waals surface area (Å²) in [6.45, 7) is -0.387. The van der Waals surface area contributed by atoms with Crippen molar-refractivity contribution in [3.05, 3.63) is 28.3 Å². The van der Waals surface area contributed by atoms with Crippen LogP contribution >= 0.6 is 0 Å². The third-order valence-corrected chi connectivity index (χ3v) is 2.84. The molecule has 0 saturated carbocycles. The maximum absolute atomic E-state index is 11.8. The van der Waals surface area contributed by atoms with Crippen LogP contribution in [-0.2, 0) is 9.59 Å². The van der Waals surface area contributed by atoms with E-state index in [2.05, 4.69) is 0 Å². The Morgan fingerprint density at radius 3 is 2.85 bits per heavy atom. The van der Waals surface area contributed by atoms with E-state index < -0.39 is 22.8 Å². The summed E-state index contributed by atoms with van der Waals surface area (Å²) < 4.78 is 5.17. The van der Waals surface area contributed by atoms with Gasteiger partial charge in [0.15, 0.2) is 6.61 Å². The van der Waals surface area contributed by atoms with Gasteiger partial charge in [0.1, 0.15) is 11.8 Å². The normalized spacial score (nSPS) is 15.2. The Labute approximate surface area is 113 Å². The highest BCUT2D eigenvalue weighted by atomic mass is 16.6. The minimum absolute atomic E-state index is 0.161. The lowest BCUT2D eigenvalue weighted by molar-refractivity contribution is -0.384. The van der Waals surface area contributed by atoms with Crippen LogP contribution in [0.15, 0.2) is 18.2 Å². The molecule has 4 N–H and O–H groups in total. The summed E-state index contributed by atoms with van der Waals surface area (Å²) in [6.07, 6.45) is 0. The van der Waals surface area contributed by atoms with Gasteiger partial charge >= 0.3 is 0 Å². The zero-order valence-electron chi connectivity index (χ0n) is 10.3. The molecular weight excluding hydrogens is 268 g/mol. The number of fused-ring (bicyclic) bond motifs is 1. The molecule has 0 spiro atoms. The van der Waals surface area contributed by atoms with Crippen molar-refractivity contribution in [1.82, 2.24) is 0 Å². The lowest BCUT2D eigenvalue weighted by Gasteiger charge is -2.30. The average Bonchev–Trinajstić information content (AvgIpc) is 2.41. The smallest absolute Gasteiger partial charge is 0.271 e. The summed E-state index contributed by atoms with van der Waals surface area (Å²) in [5.74, 6) is -0.905. The zero-order chi connectivity index (χ0) is 14.9. The molecule has 0 bridgehead atoms. The Balaban J connectivity index is 2.38. The number of nitrogens with zero attached hydrogens (tertiary/aromatic N) is 2. The van der Waals surface area contributed by atoms with Crippen LogP contribution in [0.4, 0.5) is 11.4 Å². The van der Waals surface area contributed by atoms with Crippen LogP contribution < -0.4 is 21.1 Å². The average molecular weight is 280 g/mol. The second-order valence-electron chi connectivity index (χ2n) is 4.21. The molecule has 2 rings (SSSR count). The van der Waals surface area contributed by atoms with E-state index in [0.29, 0.717) is 5.75 Å². The summed E-state index contributed by atoms with van der Waals surface area (Å²) >= 11 is 0. The van der Waals surface area contributed by atoms with Gasteiger partial charge in [-0.2, -0.15) is 0 Å². The number of hydrogen-bond donors (Lipinski definition) is 2. The second-order valence-corrected chi connectivity index (χ2v) is 4.21. The quantitative estimate of drug-likeness (QED) is 0.542. The fourth-order valence-corrected chi connectivity index (χ4v) is 1.79. The van der Waals surface area contributed by atoms with Crippen molar-refractivity contribution in [2.45, 2.75) is 6.04 Å². The number of hydrogen-bond acceptors (Lipinski definition) is 6. The number of carbonyl (C=O) groups excluding carboxylic acids is 2. The van der Waals surface area contributed by atoms with Gasteiger partial charge in [-0.05, 0) is 6.07 Å². The molecule has 2 amide bonds. The number of nitrogens with two attached hydrogens (primary N) is 2. The van der Waals surface area contributed by atoms with Crippen LogP contribution in [0.1, 0.15) is 0 Å². The van der Waals surface area contributed by atoms with Crippen LogP contribution in [-0.4, -0.2) is 35.9 Å². The molecule has 0 aromatic heterocycles. The maximum Gasteiger partial charge on any atom is 0.271 e. The SMILES string of the molecule is NC(=O)C(N)CN1C(=O)COc2ccc([N+](=O)[O-])cc21. The molecule has 9 heteroatoms. The molecule has 1 aliphatic heterocycles. The van der Waals surface area contributed by atoms with Gasteiger partial charge in [0.2, 0.25) is 5.91 Å². The number of non-ortho nitro benzene ring substituents is 1. The topological polar surface area (TPSA) is 142 Å². The lowest BCUT2D eigenvalue weighted by atomic mass is 10.1. The van der Waals surface area contributed by atoms with Gasteiger partial charge in [0.25, 0.3) is 11.6 Å². The molecule has 9 nitrogen and oxygen atoms in total. The van der Waals surface area contributed by atoms with Crippen molar-refractivity contribution in [3.63, 3.8) is 0 Å². The number of nitro groups is 1. The number of nitro benzene ring substituents is 1. The predicted octanol–water partition coefficient (Wildman–Crippen LogP) is -0.867. The van der Waals surface area contributed by atoms with Gasteiger partial charge in [0, 0.05) is 12.1 Å². The lowest BCUT2D eigenvalue weighted by Crippen LogP contribution is -2.50. The summed E-state index contributed by atoms with van der Waals surface area (Å²) in [5.41, 5.74) is 10.6. The molecule has 1 heterocycles. The van der Waals surface area contributed by atoms with Crippen molar-refractivity contribution < 1.29 is 19.2 Å². The van der Waals surface area contributed by atoms with Gasteiger partial charge in [-0.1, -0.05) is 0 Å². The summed E-state index contributed by atoms with van der Waals surface area (Å²) in [7, 11) is 0. The monoisotopic (exact) mass is 280 g/mol. The standard InChI is InChI=1S/C11H12N4O5/c12-7(11(13)17)4-14-8-3-6(15(18)19)1-2-9(8)20-5-10(14)16/h1-3,7H,4-5,12H2,(H2,13,17). The third kappa shape index (κ3) is 2.52. The Kier molecular flexibility index (Phi) is 3.53. The van der Waals surface area contributed by atoms with E-state index in [1.807, 2.05) is 0 Å². The van der Waals surface area contributed by atoms with Crippen molar-refractivity contribution in [1.29, 1.82) is 0 Å². The fourth-order valence-electron chi connectivity index (χ4n) is 1.79. The van der Waals surface area contributed by atoms with Crippen LogP contribution in [0.25, 0.3) is 0 Å². The van der Waals surface area contributed by atoms with Gasteiger partial charge in [-0.15, -0.1) is 0 Å². The van der Waals surface area contributed by atoms with Crippen LogP contribution in [0.5, 0.6) is 5.75 Å². The summed E-state index contributed by atoms with van der Waals surface area (Å²) in [5, 5.41) is 10.8. The zero-order valence-corrected chi connectivity index (χ0v) is 10.3. The predicted molar refractivity (Wildman–Crippen MR) is 68.1 cm³/mol. The second kappa shape index (κ2) is 5.13. The first-order valence-electron chi connectivity index (χ1n) is 5.66.